The van der Waals surface area contributed by atoms with Gasteiger partial charge >= 0.3 is 0 Å². The van der Waals surface area contributed by atoms with E-state index in [1.165, 1.54) is 27.9 Å². The van der Waals surface area contributed by atoms with Crippen LogP contribution in [0.4, 0.5) is 0 Å². The van der Waals surface area contributed by atoms with E-state index in [2.05, 4.69) is 0 Å². The van der Waals surface area contributed by atoms with Gasteiger partial charge in [-0.2, -0.15) is 8.61 Å². The first kappa shape index (κ1) is 18.6. The quantitative estimate of drug-likeness (QED) is 0.720. The van der Waals surface area contributed by atoms with E-state index in [1.807, 2.05) is 0 Å². The number of benzene rings is 1. The molecule has 7 nitrogen and oxygen atoms in total. The average Bonchev–Trinajstić information content (AvgIpc) is 2.53. The minimum atomic E-state index is -3.67. The molecule has 1 aromatic carbocycles. The molecule has 0 radical (unpaired) electrons. The van der Waals surface area contributed by atoms with E-state index < -0.39 is 20.0 Å². The molecular formula is C13H19ClN2O5S2. The normalized spacial score (nSPS) is 18.2. The van der Waals surface area contributed by atoms with E-state index in [-0.39, 0.29) is 43.4 Å². The number of nitrogens with zero attached hydrogens (tertiary/aromatic N) is 2. The summed E-state index contributed by atoms with van der Waals surface area (Å²) in [6.07, 6.45) is 0. The highest BCUT2D eigenvalue weighted by Crippen LogP contribution is 2.21. The summed E-state index contributed by atoms with van der Waals surface area (Å²) >= 11 is 5.84. The number of methoxy groups -OCH3 is 1. The third-order valence-electron chi connectivity index (χ3n) is 3.57. The molecule has 2 rings (SSSR count). The van der Waals surface area contributed by atoms with Crippen LogP contribution in [0, 0.1) is 0 Å². The lowest BCUT2D eigenvalue weighted by Gasteiger charge is -2.33. The molecule has 0 bridgehead atoms. The highest BCUT2D eigenvalue weighted by Gasteiger charge is 2.32. The largest absolute Gasteiger partial charge is 0.384 e. The summed E-state index contributed by atoms with van der Waals surface area (Å²) in [5.41, 5.74) is 0. The Morgan fingerprint density at radius 1 is 1.09 bits per heavy atom. The minimum Gasteiger partial charge on any atom is -0.384 e. The smallest absolute Gasteiger partial charge is 0.243 e. The maximum absolute atomic E-state index is 12.5. The predicted molar refractivity (Wildman–Crippen MR) is 87.4 cm³/mol. The zero-order chi connectivity index (χ0) is 17.1. The Morgan fingerprint density at radius 3 is 2.26 bits per heavy atom. The van der Waals surface area contributed by atoms with Crippen LogP contribution in [0.1, 0.15) is 0 Å². The molecule has 0 N–H and O–H groups in total. The van der Waals surface area contributed by atoms with Crippen LogP contribution in [0.3, 0.4) is 0 Å². The number of rotatable bonds is 6. The molecule has 10 heteroatoms. The van der Waals surface area contributed by atoms with Gasteiger partial charge in [0.25, 0.3) is 0 Å². The van der Waals surface area contributed by atoms with Gasteiger partial charge in [-0.1, -0.05) is 17.7 Å². The number of hydrogen-bond donors (Lipinski definition) is 0. The summed E-state index contributed by atoms with van der Waals surface area (Å²) < 4.78 is 56.6. The molecule has 1 aliphatic heterocycles. The summed E-state index contributed by atoms with van der Waals surface area (Å²) in [4.78, 5) is 0.112. The number of sulfonamides is 2. The zero-order valence-corrected chi connectivity index (χ0v) is 15.1. The van der Waals surface area contributed by atoms with Gasteiger partial charge in [0, 0.05) is 38.3 Å². The first-order chi connectivity index (χ1) is 10.8. The Kier molecular flexibility index (Phi) is 6.04. The van der Waals surface area contributed by atoms with Crippen molar-refractivity contribution in [3.05, 3.63) is 29.3 Å². The predicted octanol–water partition coefficient (Wildman–Crippen LogP) is 0.623. The Hall–Kier alpha value is -0.710. The van der Waals surface area contributed by atoms with Crippen LogP contribution in [-0.4, -0.2) is 71.1 Å². The van der Waals surface area contributed by atoms with E-state index >= 15 is 0 Å². The van der Waals surface area contributed by atoms with Crippen LogP contribution in [-0.2, 0) is 24.8 Å². The van der Waals surface area contributed by atoms with Crippen molar-refractivity contribution in [3.63, 3.8) is 0 Å². The Labute approximate surface area is 141 Å². The van der Waals surface area contributed by atoms with Crippen LogP contribution in [0.25, 0.3) is 0 Å². The van der Waals surface area contributed by atoms with Gasteiger partial charge in [-0.05, 0) is 18.2 Å². The maximum Gasteiger partial charge on any atom is 0.243 e. The average molecular weight is 383 g/mol. The van der Waals surface area contributed by atoms with Crippen molar-refractivity contribution in [1.29, 1.82) is 0 Å². The van der Waals surface area contributed by atoms with E-state index in [0.29, 0.717) is 5.02 Å². The van der Waals surface area contributed by atoms with Gasteiger partial charge in [0.2, 0.25) is 20.0 Å². The molecule has 0 aromatic heterocycles. The van der Waals surface area contributed by atoms with Crippen molar-refractivity contribution in [3.8, 4) is 0 Å². The zero-order valence-electron chi connectivity index (χ0n) is 12.7. The SMILES string of the molecule is COCCS(=O)(=O)N1CCN(S(=O)(=O)c2cccc(Cl)c2)CC1. The summed E-state index contributed by atoms with van der Waals surface area (Å²) in [6.45, 7) is 0.600. The van der Waals surface area contributed by atoms with Crippen molar-refractivity contribution in [2.24, 2.45) is 0 Å². The van der Waals surface area contributed by atoms with Crippen molar-refractivity contribution in [1.82, 2.24) is 8.61 Å². The molecule has 1 aliphatic rings. The lowest BCUT2D eigenvalue weighted by Crippen LogP contribution is -2.51. The highest BCUT2D eigenvalue weighted by molar-refractivity contribution is 7.89. The van der Waals surface area contributed by atoms with Crippen LogP contribution in [0.5, 0.6) is 0 Å². The second kappa shape index (κ2) is 7.45. The van der Waals surface area contributed by atoms with Crippen LogP contribution >= 0.6 is 11.6 Å². The van der Waals surface area contributed by atoms with Gasteiger partial charge in [-0.15, -0.1) is 0 Å². The monoisotopic (exact) mass is 382 g/mol. The van der Waals surface area contributed by atoms with Gasteiger partial charge in [0.15, 0.2) is 0 Å². The fourth-order valence-corrected chi connectivity index (χ4v) is 5.36. The molecule has 1 saturated heterocycles. The fourth-order valence-electron chi connectivity index (χ4n) is 2.28. The van der Waals surface area contributed by atoms with Gasteiger partial charge in [0.05, 0.1) is 17.3 Å². The van der Waals surface area contributed by atoms with E-state index in [1.54, 1.807) is 12.1 Å². The first-order valence-electron chi connectivity index (χ1n) is 7.00. The standard InChI is InChI=1S/C13H19ClN2O5S2/c1-21-9-10-22(17,18)15-5-7-16(8-6-15)23(19,20)13-4-2-3-12(14)11-13/h2-4,11H,5-10H2,1H3. The van der Waals surface area contributed by atoms with Crippen LogP contribution in [0.15, 0.2) is 29.2 Å². The van der Waals surface area contributed by atoms with Gasteiger partial charge in [-0.3, -0.25) is 0 Å². The van der Waals surface area contributed by atoms with Crippen molar-refractivity contribution >= 4 is 31.6 Å². The molecule has 0 spiro atoms. The lowest BCUT2D eigenvalue weighted by molar-refractivity contribution is 0.213. The molecular weight excluding hydrogens is 364 g/mol. The molecule has 0 aliphatic carbocycles. The van der Waals surface area contributed by atoms with Gasteiger partial charge in [0.1, 0.15) is 0 Å². The third-order valence-corrected chi connectivity index (χ3v) is 7.53. The lowest BCUT2D eigenvalue weighted by atomic mass is 10.4. The fraction of sp³-hybridized carbons (Fsp3) is 0.538. The Morgan fingerprint density at radius 2 is 1.70 bits per heavy atom. The summed E-state index contributed by atoms with van der Waals surface area (Å²) in [5.74, 6) is -0.107. The number of ether oxygens (including phenoxy) is 1. The van der Waals surface area contributed by atoms with Crippen LogP contribution < -0.4 is 0 Å². The summed E-state index contributed by atoms with van der Waals surface area (Å²) in [6, 6.07) is 6.03. The molecule has 1 fully saturated rings. The topological polar surface area (TPSA) is 84.0 Å². The number of hydrogen-bond acceptors (Lipinski definition) is 5. The number of piperazine rings is 1. The second-order valence-electron chi connectivity index (χ2n) is 5.07. The molecule has 0 amide bonds. The molecule has 0 saturated carbocycles. The molecule has 0 unspecified atom stereocenters. The third kappa shape index (κ3) is 4.43. The van der Waals surface area contributed by atoms with Crippen LogP contribution in [0.2, 0.25) is 5.02 Å². The van der Waals surface area contributed by atoms with Crippen molar-refractivity contribution in [2.45, 2.75) is 4.90 Å². The Balaban J connectivity index is 2.07. The Bertz CT molecular complexity index is 743. The van der Waals surface area contributed by atoms with Gasteiger partial charge < -0.3 is 4.74 Å². The second-order valence-corrected chi connectivity index (χ2v) is 9.53. The van der Waals surface area contributed by atoms with E-state index in [0.717, 1.165) is 0 Å². The highest BCUT2D eigenvalue weighted by atomic mass is 35.5. The van der Waals surface area contributed by atoms with Gasteiger partial charge in [-0.25, -0.2) is 16.8 Å². The summed E-state index contributed by atoms with van der Waals surface area (Å²) in [7, 11) is -5.65. The summed E-state index contributed by atoms with van der Waals surface area (Å²) in [5, 5.41) is 0.340. The molecule has 1 aromatic rings. The molecule has 1 heterocycles. The maximum atomic E-state index is 12.5. The molecule has 130 valence electrons. The molecule has 23 heavy (non-hydrogen) atoms. The first-order valence-corrected chi connectivity index (χ1v) is 10.4. The molecule has 0 atom stereocenters. The minimum absolute atomic E-state index is 0.107. The van der Waals surface area contributed by atoms with E-state index in [4.69, 9.17) is 16.3 Å². The van der Waals surface area contributed by atoms with E-state index in [9.17, 15) is 16.8 Å². The van der Waals surface area contributed by atoms with Crippen molar-refractivity contribution in [2.75, 3.05) is 45.6 Å². The van der Waals surface area contributed by atoms with Crippen molar-refractivity contribution < 1.29 is 21.6 Å². The number of halogens is 1.